The van der Waals surface area contributed by atoms with Crippen LogP contribution in [0.15, 0.2) is 12.2 Å². The fraction of sp³-hybridized carbons (Fsp3) is 0.846. The normalized spacial score (nSPS) is 49.8. The van der Waals surface area contributed by atoms with E-state index in [1.54, 1.807) is 5.57 Å². The molecule has 2 aliphatic rings. The Labute approximate surface area is 82.4 Å². The zero-order chi connectivity index (χ0) is 9.64. The highest BCUT2D eigenvalue weighted by Gasteiger charge is 2.58. The Morgan fingerprint density at radius 2 is 2.23 bits per heavy atom. The van der Waals surface area contributed by atoms with Crippen LogP contribution in [0.5, 0.6) is 0 Å². The third-order valence-electron chi connectivity index (χ3n) is 4.78. The third-order valence-corrected chi connectivity index (χ3v) is 4.78. The molecule has 0 aliphatic heterocycles. The summed E-state index contributed by atoms with van der Waals surface area (Å²) in [6, 6.07) is 0. The number of hydrogen-bond acceptors (Lipinski definition) is 0. The van der Waals surface area contributed by atoms with Crippen molar-refractivity contribution in [2.24, 2.45) is 23.2 Å². The van der Waals surface area contributed by atoms with Crippen LogP contribution in [0.4, 0.5) is 0 Å². The second-order valence-electron chi connectivity index (χ2n) is 5.34. The molecule has 74 valence electrons. The van der Waals surface area contributed by atoms with Gasteiger partial charge < -0.3 is 0 Å². The predicted molar refractivity (Wildman–Crippen MR) is 57.5 cm³/mol. The van der Waals surface area contributed by atoms with Gasteiger partial charge in [-0.25, -0.2) is 0 Å². The summed E-state index contributed by atoms with van der Waals surface area (Å²) in [5.74, 6) is 2.72. The predicted octanol–water partition coefficient (Wildman–Crippen LogP) is 4.02. The van der Waals surface area contributed by atoms with Crippen molar-refractivity contribution in [3.8, 4) is 0 Å². The minimum Gasteiger partial charge on any atom is -0.0990 e. The summed E-state index contributed by atoms with van der Waals surface area (Å²) >= 11 is 0. The molecule has 0 heterocycles. The zero-order valence-corrected chi connectivity index (χ0v) is 9.27. The monoisotopic (exact) mass is 178 g/mol. The second-order valence-corrected chi connectivity index (χ2v) is 5.34. The van der Waals surface area contributed by atoms with Gasteiger partial charge in [0.15, 0.2) is 0 Å². The van der Waals surface area contributed by atoms with E-state index < -0.39 is 0 Å². The van der Waals surface area contributed by atoms with E-state index in [0.29, 0.717) is 5.41 Å². The minimum atomic E-state index is 0.545. The molecule has 0 bridgehead atoms. The van der Waals surface area contributed by atoms with Gasteiger partial charge in [0.2, 0.25) is 0 Å². The molecule has 0 aromatic rings. The van der Waals surface area contributed by atoms with Crippen molar-refractivity contribution >= 4 is 0 Å². The lowest BCUT2D eigenvalue weighted by Gasteiger charge is -2.20. The largest absolute Gasteiger partial charge is 0.0990 e. The van der Waals surface area contributed by atoms with Crippen LogP contribution in [0, 0.1) is 23.2 Å². The molecule has 0 amide bonds. The third kappa shape index (κ3) is 1.18. The van der Waals surface area contributed by atoms with Crippen LogP contribution < -0.4 is 0 Å². The molecular formula is C13H22. The average molecular weight is 178 g/mol. The van der Waals surface area contributed by atoms with E-state index in [9.17, 15) is 0 Å². The number of fused-ring (bicyclic) bond motifs is 1. The maximum atomic E-state index is 4.24. The van der Waals surface area contributed by atoms with Crippen molar-refractivity contribution in [3.63, 3.8) is 0 Å². The van der Waals surface area contributed by atoms with Crippen LogP contribution in [-0.4, -0.2) is 0 Å². The lowest BCUT2D eigenvalue weighted by atomic mass is 9.85. The van der Waals surface area contributed by atoms with Crippen LogP contribution in [0.3, 0.4) is 0 Å². The van der Waals surface area contributed by atoms with Crippen molar-refractivity contribution in [2.45, 2.75) is 46.5 Å². The fourth-order valence-electron chi connectivity index (χ4n) is 3.65. The smallest absolute Gasteiger partial charge is 0.00477 e. The first-order valence-corrected chi connectivity index (χ1v) is 5.80. The second kappa shape index (κ2) is 2.87. The van der Waals surface area contributed by atoms with E-state index in [2.05, 4.69) is 27.4 Å². The molecule has 0 aromatic heterocycles. The molecule has 2 rings (SSSR count). The van der Waals surface area contributed by atoms with Crippen molar-refractivity contribution in [1.29, 1.82) is 0 Å². The topological polar surface area (TPSA) is 0 Å². The molecule has 0 N–H and O–H groups in total. The molecular weight excluding hydrogens is 156 g/mol. The van der Waals surface area contributed by atoms with Crippen molar-refractivity contribution < 1.29 is 0 Å². The Morgan fingerprint density at radius 3 is 2.85 bits per heavy atom. The lowest BCUT2D eigenvalue weighted by molar-refractivity contribution is 0.296. The van der Waals surface area contributed by atoms with Gasteiger partial charge >= 0.3 is 0 Å². The Kier molecular flexibility index (Phi) is 2.05. The van der Waals surface area contributed by atoms with Gasteiger partial charge in [-0.2, -0.15) is 0 Å². The highest BCUT2D eigenvalue weighted by atomic mass is 14.6. The molecule has 4 atom stereocenters. The van der Waals surface area contributed by atoms with Gasteiger partial charge in [-0.15, -0.1) is 0 Å². The molecule has 0 spiro atoms. The first-order chi connectivity index (χ1) is 6.11. The van der Waals surface area contributed by atoms with Gasteiger partial charge in [0.1, 0.15) is 0 Å². The summed E-state index contributed by atoms with van der Waals surface area (Å²) in [6.07, 6.45) is 5.64. The quantitative estimate of drug-likeness (QED) is 0.532. The van der Waals surface area contributed by atoms with Crippen LogP contribution in [0.25, 0.3) is 0 Å². The van der Waals surface area contributed by atoms with Crippen LogP contribution in [0.1, 0.15) is 46.5 Å². The fourth-order valence-corrected chi connectivity index (χ4v) is 3.65. The van der Waals surface area contributed by atoms with Crippen molar-refractivity contribution in [1.82, 2.24) is 0 Å². The van der Waals surface area contributed by atoms with Gasteiger partial charge in [0, 0.05) is 0 Å². The van der Waals surface area contributed by atoms with E-state index in [4.69, 9.17) is 0 Å². The van der Waals surface area contributed by atoms with E-state index in [1.165, 1.54) is 25.7 Å². The summed E-state index contributed by atoms with van der Waals surface area (Å²) < 4.78 is 0. The summed E-state index contributed by atoms with van der Waals surface area (Å²) in [7, 11) is 0. The molecule has 4 unspecified atom stereocenters. The SMILES string of the molecule is C=C1C2C(C)C(CC)CCCC12C. The Morgan fingerprint density at radius 1 is 1.54 bits per heavy atom. The summed E-state index contributed by atoms with van der Waals surface area (Å²) in [4.78, 5) is 0. The summed E-state index contributed by atoms with van der Waals surface area (Å²) in [6.45, 7) is 11.5. The van der Waals surface area contributed by atoms with Crippen LogP contribution in [0.2, 0.25) is 0 Å². The number of allylic oxidation sites excluding steroid dienone is 1. The maximum absolute atomic E-state index is 4.24. The van der Waals surface area contributed by atoms with E-state index in [1.807, 2.05) is 0 Å². The van der Waals surface area contributed by atoms with Gasteiger partial charge in [0.25, 0.3) is 0 Å². The van der Waals surface area contributed by atoms with Gasteiger partial charge in [-0.1, -0.05) is 52.2 Å². The lowest BCUT2D eigenvalue weighted by Crippen LogP contribution is -2.12. The van der Waals surface area contributed by atoms with Gasteiger partial charge in [-0.05, 0) is 29.6 Å². The summed E-state index contributed by atoms with van der Waals surface area (Å²) in [5.41, 5.74) is 2.10. The molecule has 2 fully saturated rings. The molecule has 2 aliphatic carbocycles. The standard InChI is InChI=1S/C13H22/c1-5-11-7-6-8-13(4)10(3)12(13)9(11)2/h9,11-12H,3,5-8H2,1-2,4H3. The van der Waals surface area contributed by atoms with E-state index in [0.717, 1.165) is 17.8 Å². The first-order valence-electron chi connectivity index (χ1n) is 5.80. The molecule has 0 saturated heterocycles. The Balaban J connectivity index is 2.16. The van der Waals surface area contributed by atoms with Gasteiger partial charge in [-0.3, -0.25) is 0 Å². The van der Waals surface area contributed by atoms with E-state index in [-0.39, 0.29) is 0 Å². The first kappa shape index (κ1) is 9.30. The van der Waals surface area contributed by atoms with Gasteiger partial charge in [0.05, 0.1) is 0 Å². The van der Waals surface area contributed by atoms with Crippen LogP contribution in [-0.2, 0) is 0 Å². The zero-order valence-electron chi connectivity index (χ0n) is 9.27. The average Bonchev–Trinajstić information content (AvgIpc) is 2.66. The highest BCUT2D eigenvalue weighted by molar-refractivity contribution is 5.35. The molecule has 0 nitrogen and oxygen atoms in total. The maximum Gasteiger partial charge on any atom is -0.00477 e. The van der Waals surface area contributed by atoms with Crippen molar-refractivity contribution in [3.05, 3.63) is 12.2 Å². The molecule has 13 heavy (non-hydrogen) atoms. The minimum absolute atomic E-state index is 0.545. The summed E-state index contributed by atoms with van der Waals surface area (Å²) in [5, 5.41) is 0. The molecule has 0 heteroatoms. The number of rotatable bonds is 1. The van der Waals surface area contributed by atoms with Crippen molar-refractivity contribution in [2.75, 3.05) is 0 Å². The molecule has 0 aromatic carbocycles. The van der Waals surface area contributed by atoms with E-state index >= 15 is 0 Å². The molecule has 0 radical (unpaired) electrons. The molecule has 2 saturated carbocycles. The highest BCUT2D eigenvalue weighted by Crippen LogP contribution is 2.66. The Bertz CT molecular complexity index is 228. The number of hydrogen-bond donors (Lipinski definition) is 0. The van der Waals surface area contributed by atoms with Crippen LogP contribution >= 0.6 is 0 Å². The Hall–Kier alpha value is -0.260.